The Morgan fingerprint density at radius 1 is 1.40 bits per heavy atom. The molecule has 0 saturated heterocycles. The predicted octanol–water partition coefficient (Wildman–Crippen LogP) is 1.92. The Bertz CT molecular complexity index is 90.1. The molecule has 0 aromatic carbocycles. The average Bonchev–Trinajstić information content (AvgIpc) is 1.80. The number of methoxy groups -OCH3 is 1. The zero-order chi connectivity index (χ0) is 8.20. The van der Waals surface area contributed by atoms with E-state index in [0.717, 1.165) is 7.11 Å². The van der Waals surface area contributed by atoms with Gasteiger partial charge in [-0.15, -0.1) is 0 Å². The third-order valence-electron chi connectivity index (χ3n) is 1.02. The normalized spacial score (nSPS) is 15.3. The minimum Gasteiger partial charge on any atom is -0.372 e. The fourth-order valence-electron chi connectivity index (χ4n) is 0.514. The Morgan fingerprint density at radius 3 is 2.00 bits per heavy atom. The lowest BCUT2D eigenvalue weighted by Gasteiger charge is -2.16. The lowest BCUT2D eigenvalue weighted by atomic mass is 10.2. The van der Waals surface area contributed by atoms with Gasteiger partial charge in [0.2, 0.25) is 0 Å². The number of rotatable bonds is 3. The molecule has 1 nitrogen and oxygen atoms in total. The number of hydrogen-bond acceptors (Lipinski definition) is 1. The van der Waals surface area contributed by atoms with E-state index < -0.39 is 25.4 Å². The van der Waals surface area contributed by atoms with Gasteiger partial charge in [0.25, 0.3) is 0 Å². The smallest absolute Gasteiger partial charge is 0.372 e. The highest BCUT2D eigenvalue weighted by atomic mass is 19.4. The Kier molecular flexibility index (Phi) is 3.63. The molecule has 0 aromatic heterocycles. The third kappa shape index (κ3) is 3.00. The van der Waals surface area contributed by atoms with Gasteiger partial charge < -0.3 is 4.74 Å². The first kappa shape index (κ1) is 9.68. The van der Waals surface area contributed by atoms with Crippen molar-refractivity contribution in [1.82, 2.24) is 0 Å². The lowest BCUT2D eigenvalue weighted by molar-refractivity contribution is -0.215. The summed E-state index contributed by atoms with van der Waals surface area (Å²) >= 11 is 0. The second-order valence-corrected chi connectivity index (χ2v) is 1.74. The van der Waals surface area contributed by atoms with E-state index in [-0.39, 0.29) is 0 Å². The van der Waals surface area contributed by atoms with Crippen LogP contribution in [0.5, 0.6) is 0 Å². The highest BCUT2D eigenvalue weighted by Crippen LogP contribution is 2.24. The summed E-state index contributed by atoms with van der Waals surface area (Å²) in [6, 6.07) is 0. The molecule has 0 aliphatic heterocycles. The van der Waals surface area contributed by atoms with E-state index in [2.05, 4.69) is 4.74 Å². The van der Waals surface area contributed by atoms with Crippen molar-refractivity contribution < 1.29 is 22.3 Å². The van der Waals surface area contributed by atoms with Crippen molar-refractivity contribution in [3.63, 3.8) is 0 Å². The first-order chi connectivity index (χ1) is 4.52. The molecule has 0 N–H and O–H groups in total. The Balaban J connectivity index is 3.81. The van der Waals surface area contributed by atoms with Crippen molar-refractivity contribution in [2.75, 3.05) is 13.8 Å². The van der Waals surface area contributed by atoms with Gasteiger partial charge in [0.15, 0.2) is 6.10 Å². The maximum Gasteiger partial charge on any atom is 0.414 e. The fraction of sp³-hybridized carbons (Fsp3) is 1.00. The summed E-state index contributed by atoms with van der Waals surface area (Å²) in [5, 5.41) is 0. The van der Waals surface area contributed by atoms with Gasteiger partial charge in [-0.3, -0.25) is 4.39 Å². The molecule has 0 radical (unpaired) electrons. The van der Waals surface area contributed by atoms with E-state index in [1.807, 2.05) is 0 Å². The predicted molar refractivity (Wildman–Crippen MR) is 27.4 cm³/mol. The van der Waals surface area contributed by atoms with Gasteiger partial charge in [-0.1, -0.05) is 0 Å². The van der Waals surface area contributed by atoms with Crippen molar-refractivity contribution >= 4 is 0 Å². The van der Waals surface area contributed by atoms with E-state index in [9.17, 15) is 17.6 Å². The Morgan fingerprint density at radius 2 is 1.90 bits per heavy atom. The van der Waals surface area contributed by atoms with Crippen LogP contribution in [0.2, 0.25) is 0 Å². The standard InChI is InChI=1S/C5H8F4O/c1-10-4(2-3-6)5(7,8)9/h4H,2-3H2,1H3. The van der Waals surface area contributed by atoms with Crippen molar-refractivity contribution in [3.8, 4) is 0 Å². The number of hydrogen-bond donors (Lipinski definition) is 0. The summed E-state index contributed by atoms with van der Waals surface area (Å²) < 4.78 is 50.2. The van der Waals surface area contributed by atoms with E-state index in [1.54, 1.807) is 0 Å². The van der Waals surface area contributed by atoms with Crippen LogP contribution in [-0.2, 0) is 4.74 Å². The van der Waals surface area contributed by atoms with E-state index >= 15 is 0 Å². The van der Waals surface area contributed by atoms with E-state index in [1.165, 1.54) is 0 Å². The number of alkyl halides is 4. The van der Waals surface area contributed by atoms with Gasteiger partial charge in [0, 0.05) is 13.5 Å². The van der Waals surface area contributed by atoms with Gasteiger partial charge in [-0.05, 0) is 0 Å². The number of halogens is 4. The molecule has 0 rings (SSSR count). The molecule has 1 unspecified atom stereocenters. The lowest BCUT2D eigenvalue weighted by Crippen LogP contribution is -2.30. The second kappa shape index (κ2) is 3.75. The van der Waals surface area contributed by atoms with Crippen LogP contribution < -0.4 is 0 Å². The molecule has 0 fully saturated rings. The molecular formula is C5H8F4O. The zero-order valence-electron chi connectivity index (χ0n) is 5.41. The summed E-state index contributed by atoms with van der Waals surface area (Å²) in [4.78, 5) is 0. The van der Waals surface area contributed by atoms with E-state index in [0.29, 0.717) is 0 Å². The molecule has 10 heavy (non-hydrogen) atoms. The minimum absolute atomic E-state index is 0.625. The first-order valence-electron chi connectivity index (χ1n) is 2.68. The first-order valence-corrected chi connectivity index (χ1v) is 2.68. The van der Waals surface area contributed by atoms with Crippen LogP contribution >= 0.6 is 0 Å². The highest BCUT2D eigenvalue weighted by Gasteiger charge is 2.39. The molecule has 1 atom stereocenters. The SMILES string of the molecule is COC(CCF)C(F)(F)F. The van der Waals surface area contributed by atoms with Crippen LogP contribution in [0.4, 0.5) is 17.6 Å². The molecule has 5 heteroatoms. The molecule has 62 valence electrons. The monoisotopic (exact) mass is 160 g/mol. The average molecular weight is 160 g/mol. The largest absolute Gasteiger partial charge is 0.414 e. The fourth-order valence-corrected chi connectivity index (χ4v) is 0.514. The molecule has 0 amide bonds. The van der Waals surface area contributed by atoms with Gasteiger partial charge in [-0.2, -0.15) is 13.2 Å². The van der Waals surface area contributed by atoms with Gasteiger partial charge in [0.1, 0.15) is 0 Å². The van der Waals surface area contributed by atoms with Crippen molar-refractivity contribution in [2.45, 2.75) is 18.7 Å². The molecule has 0 aromatic rings. The molecule has 0 aliphatic rings. The maximum absolute atomic E-state index is 11.6. The summed E-state index contributed by atoms with van der Waals surface area (Å²) in [7, 11) is 0.911. The van der Waals surface area contributed by atoms with Gasteiger partial charge in [0.05, 0.1) is 6.67 Å². The third-order valence-corrected chi connectivity index (χ3v) is 1.02. The molecule has 0 spiro atoms. The summed E-state index contributed by atoms with van der Waals surface area (Å²) in [5.41, 5.74) is 0. The highest BCUT2D eigenvalue weighted by molar-refractivity contribution is 4.65. The van der Waals surface area contributed by atoms with Crippen LogP contribution in [0.15, 0.2) is 0 Å². The zero-order valence-corrected chi connectivity index (χ0v) is 5.41. The topological polar surface area (TPSA) is 9.23 Å². The molecular weight excluding hydrogens is 152 g/mol. The van der Waals surface area contributed by atoms with Crippen molar-refractivity contribution in [2.24, 2.45) is 0 Å². The Labute approximate surface area is 56.0 Å². The van der Waals surface area contributed by atoms with Crippen LogP contribution in [-0.4, -0.2) is 26.1 Å². The number of ether oxygens (including phenoxy) is 1. The van der Waals surface area contributed by atoms with Crippen molar-refractivity contribution in [3.05, 3.63) is 0 Å². The van der Waals surface area contributed by atoms with Gasteiger partial charge in [-0.25, -0.2) is 0 Å². The van der Waals surface area contributed by atoms with Crippen LogP contribution in [0.3, 0.4) is 0 Å². The molecule has 0 heterocycles. The van der Waals surface area contributed by atoms with Crippen LogP contribution in [0.1, 0.15) is 6.42 Å². The molecule has 0 aliphatic carbocycles. The van der Waals surface area contributed by atoms with E-state index in [4.69, 9.17) is 0 Å². The Hall–Kier alpha value is -0.320. The summed E-state index contributed by atoms with van der Waals surface area (Å²) in [6.45, 7) is -1.02. The van der Waals surface area contributed by atoms with Crippen LogP contribution in [0.25, 0.3) is 0 Å². The molecule has 0 bridgehead atoms. The maximum atomic E-state index is 11.6. The summed E-state index contributed by atoms with van der Waals surface area (Å²) in [5.74, 6) is 0. The van der Waals surface area contributed by atoms with Crippen molar-refractivity contribution in [1.29, 1.82) is 0 Å². The van der Waals surface area contributed by atoms with Gasteiger partial charge >= 0.3 is 6.18 Å². The van der Waals surface area contributed by atoms with Crippen LogP contribution in [0, 0.1) is 0 Å². The molecule has 0 saturated carbocycles. The second-order valence-electron chi connectivity index (χ2n) is 1.74. The minimum atomic E-state index is -4.44. The summed E-state index contributed by atoms with van der Waals surface area (Å²) in [6.07, 6.45) is -7.03. The quantitative estimate of drug-likeness (QED) is 0.573.